The fraction of sp³-hybridized carbons (Fsp3) is 0.136. The van der Waals surface area contributed by atoms with Crippen molar-refractivity contribution in [2.24, 2.45) is 0 Å². The molecule has 8 nitrogen and oxygen atoms in total. The van der Waals surface area contributed by atoms with E-state index in [1.54, 1.807) is 30.3 Å². The van der Waals surface area contributed by atoms with E-state index in [0.29, 0.717) is 5.69 Å². The highest BCUT2D eigenvalue weighted by Crippen LogP contribution is 2.45. The van der Waals surface area contributed by atoms with Crippen LogP contribution in [-0.2, 0) is 20.9 Å². The van der Waals surface area contributed by atoms with Gasteiger partial charge in [0.2, 0.25) is 11.8 Å². The molecule has 0 aliphatic carbocycles. The molecule has 0 unspecified atom stereocenters. The van der Waals surface area contributed by atoms with E-state index < -0.39 is 33.5 Å². The lowest BCUT2D eigenvalue weighted by molar-refractivity contribution is -0.122. The van der Waals surface area contributed by atoms with E-state index in [2.05, 4.69) is 10.6 Å². The molecule has 0 bridgehead atoms. The second kappa shape index (κ2) is 9.30. The second-order valence-electron chi connectivity index (χ2n) is 6.82. The number of nitrogens with zero attached hydrogens (tertiary/aromatic N) is 2. The summed E-state index contributed by atoms with van der Waals surface area (Å²) in [7, 11) is 0. The third-order valence-corrected chi connectivity index (χ3v) is 7.33. The van der Waals surface area contributed by atoms with Crippen LogP contribution in [0.1, 0.15) is 5.56 Å². The summed E-state index contributed by atoms with van der Waals surface area (Å²) in [6.45, 7) is 0.209. The average molecular weight is 465 g/mol. The van der Waals surface area contributed by atoms with Crippen molar-refractivity contribution in [3.05, 3.63) is 76.8 Å². The standard InChI is InChI=1S/C22H16N4O4S2/c23-11-15(18(27)24-12-13-7-3-1-4-8-13)21-26(14-9-5-2-6-10-14)20(29)17(31-21)16-19(28)25-22(30)32-16/h1-10,16-17H,12H2,(H,24,27)(H,25,28,30)/b21-15-/t16-,17-/m0/s1. The van der Waals surface area contributed by atoms with Crippen LogP contribution in [0.2, 0.25) is 0 Å². The van der Waals surface area contributed by atoms with Gasteiger partial charge in [0.25, 0.3) is 11.1 Å². The normalized spacial score (nSPS) is 21.8. The molecule has 10 heteroatoms. The van der Waals surface area contributed by atoms with Crippen LogP contribution >= 0.6 is 23.5 Å². The monoisotopic (exact) mass is 464 g/mol. The number of anilines is 1. The van der Waals surface area contributed by atoms with E-state index in [-0.39, 0.29) is 17.1 Å². The minimum Gasteiger partial charge on any atom is -0.347 e. The van der Waals surface area contributed by atoms with E-state index in [1.807, 2.05) is 36.4 Å². The summed E-state index contributed by atoms with van der Waals surface area (Å²) in [5.74, 6) is -1.66. The summed E-state index contributed by atoms with van der Waals surface area (Å²) in [4.78, 5) is 51.3. The molecule has 32 heavy (non-hydrogen) atoms. The summed E-state index contributed by atoms with van der Waals surface area (Å²) in [5, 5.41) is 12.4. The van der Waals surface area contributed by atoms with Crippen molar-refractivity contribution >= 4 is 52.2 Å². The van der Waals surface area contributed by atoms with Crippen LogP contribution in [0.25, 0.3) is 0 Å². The molecule has 2 saturated heterocycles. The Morgan fingerprint density at radius 3 is 2.25 bits per heavy atom. The Morgan fingerprint density at radius 2 is 1.66 bits per heavy atom. The van der Waals surface area contributed by atoms with Gasteiger partial charge < -0.3 is 5.32 Å². The van der Waals surface area contributed by atoms with E-state index in [9.17, 15) is 24.4 Å². The van der Waals surface area contributed by atoms with Crippen LogP contribution in [0.3, 0.4) is 0 Å². The average Bonchev–Trinajstić information content (AvgIpc) is 3.32. The van der Waals surface area contributed by atoms with Gasteiger partial charge in [0, 0.05) is 12.2 Å². The van der Waals surface area contributed by atoms with E-state index in [1.165, 1.54) is 4.90 Å². The first kappa shape index (κ1) is 21.7. The van der Waals surface area contributed by atoms with Crippen LogP contribution in [0, 0.1) is 11.3 Å². The molecule has 0 aromatic heterocycles. The topological polar surface area (TPSA) is 119 Å². The van der Waals surface area contributed by atoms with Gasteiger partial charge in [-0.2, -0.15) is 5.26 Å². The highest BCUT2D eigenvalue weighted by atomic mass is 32.2. The van der Waals surface area contributed by atoms with Crippen molar-refractivity contribution in [1.29, 1.82) is 5.26 Å². The van der Waals surface area contributed by atoms with Gasteiger partial charge in [0.1, 0.15) is 27.2 Å². The molecule has 2 fully saturated rings. The number of hydrogen-bond donors (Lipinski definition) is 2. The van der Waals surface area contributed by atoms with Gasteiger partial charge in [-0.3, -0.25) is 29.4 Å². The zero-order valence-corrected chi connectivity index (χ0v) is 18.1. The van der Waals surface area contributed by atoms with Gasteiger partial charge in [0.05, 0.1) is 0 Å². The Labute approximate surface area is 192 Å². The summed E-state index contributed by atoms with van der Waals surface area (Å²) < 4.78 is 0. The molecule has 0 spiro atoms. The molecular weight excluding hydrogens is 448 g/mol. The number of amides is 4. The zero-order valence-electron chi connectivity index (χ0n) is 16.5. The van der Waals surface area contributed by atoms with E-state index in [4.69, 9.17) is 0 Å². The fourth-order valence-electron chi connectivity index (χ4n) is 3.27. The number of carbonyl (C=O) groups is 4. The van der Waals surface area contributed by atoms with Crippen LogP contribution < -0.4 is 15.5 Å². The number of nitriles is 1. The highest BCUT2D eigenvalue weighted by molar-refractivity contribution is 8.16. The minimum absolute atomic E-state index is 0.131. The van der Waals surface area contributed by atoms with Crippen LogP contribution in [-0.4, -0.2) is 33.5 Å². The number of nitrogens with one attached hydrogen (secondary N) is 2. The van der Waals surface area contributed by atoms with Crippen molar-refractivity contribution < 1.29 is 19.2 Å². The minimum atomic E-state index is -0.952. The van der Waals surface area contributed by atoms with Gasteiger partial charge in [-0.1, -0.05) is 60.3 Å². The summed E-state index contributed by atoms with van der Waals surface area (Å²) in [6, 6.07) is 19.7. The van der Waals surface area contributed by atoms with Crippen LogP contribution in [0.4, 0.5) is 10.5 Å². The summed E-state index contributed by atoms with van der Waals surface area (Å²) in [6.07, 6.45) is 0. The molecule has 2 aliphatic rings. The third-order valence-electron chi connectivity index (χ3n) is 4.76. The zero-order chi connectivity index (χ0) is 22.7. The Morgan fingerprint density at radius 1 is 1.00 bits per heavy atom. The predicted octanol–water partition coefficient (Wildman–Crippen LogP) is 2.54. The number of para-hydroxylation sites is 1. The number of benzene rings is 2. The van der Waals surface area contributed by atoms with E-state index in [0.717, 1.165) is 29.1 Å². The molecule has 160 valence electrons. The largest absolute Gasteiger partial charge is 0.347 e. The van der Waals surface area contributed by atoms with Crippen molar-refractivity contribution in [1.82, 2.24) is 10.6 Å². The number of rotatable bonds is 5. The highest BCUT2D eigenvalue weighted by Gasteiger charge is 2.50. The Kier molecular flexibility index (Phi) is 6.30. The molecule has 2 aliphatic heterocycles. The molecule has 4 amide bonds. The van der Waals surface area contributed by atoms with Crippen molar-refractivity contribution in [2.45, 2.75) is 17.0 Å². The first-order valence-electron chi connectivity index (χ1n) is 9.53. The lowest BCUT2D eigenvalue weighted by atomic mass is 10.2. The third kappa shape index (κ3) is 4.26. The quantitative estimate of drug-likeness (QED) is 0.515. The van der Waals surface area contributed by atoms with Crippen molar-refractivity contribution in [2.75, 3.05) is 4.90 Å². The Hall–Kier alpha value is -3.55. The first-order chi connectivity index (χ1) is 15.5. The summed E-state index contributed by atoms with van der Waals surface area (Å²) >= 11 is 1.68. The molecule has 0 saturated carbocycles. The first-order valence-corrected chi connectivity index (χ1v) is 11.3. The summed E-state index contributed by atoms with van der Waals surface area (Å²) in [5.41, 5.74) is 1.08. The maximum atomic E-state index is 13.3. The SMILES string of the molecule is N#C/C(C(=O)NCc1ccccc1)=C1/S[C@@H]([C@@H]2SC(=O)NC2=O)C(=O)N1c1ccccc1. The lowest BCUT2D eigenvalue weighted by Crippen LogP contribution is -2.38. The molecule has 2 aromatic rings. The van der Waals surface area contributed by atoms with Gasteiger partial charge in [-0.15, -0.1) is 0 Å². The number of carbonyl (C=O) groups excluding carboxylic acids is 4. The van der Waals surface area contributed by atoms with Gasteiger partial charge in [-0.05, 0) is 29.5 Å². The maximum absolute atomic E-state index is 13.3. The molecule has 2 N–H and O–H groups in total. The fourth-order valence-corrected chi connectivity index (χ4v) is 5.65. The second-order valence-corrected chi connectivity index (χ2v) is 9.07. The predicted molar refractivity (Wildman–Crippen MR) is 121 cm³/mol. The molecule has 0 radical (unpaired) electrons. The Bertz CT molecular complexity index is 1160. The van der Waals surface area contributed by atoms with Crippen molar-refractivity contribution in [3.8, 4) is 6.07 Å². The van der Waals surface area contributed by atoms with Crippen LogP contribution in [0.15, 0.2) is 71.3 Å². The molecule has 2 atom stereocenters. The van der Waals surface area contributed by atoms with E-state index >= 15 is 0 Å². The van der Waals surface area contributed by atoms with Gasteiger partial charge in [-0.25, -0.2) is 0 Å². The smallest absolute Gasteiger partial charge is 0.286 e. The molecule has 4 rings (SSSR count). The Balaban J connectivity index is 1.69. The number of thioether (sulfide) groups is 2. The number of imide groups is 1. The molecule has 2 aromatic carbocycles. The van der Waals surface area contributed by atoms with Gasteiger partial charge in [0.15, 0.2) is 0 Å². The molecule has 2 heterocycles. The maximum Gasteiger partial charge on any atom is 0.286 e. The lowest BCUT2D eigenvalue weighted by Gasteiger charge is -2.19. The number of hydrogen-bond acceptors (Lipinski definition) is 7. The molecular formula is C22H16N4O4S2. The van der Waals surface area contributed by atoms with Crippen molar-refractivity contribution in [3.63, 3.8) is 0 Å². The van der Waals surface area contributed by atoms with Crippen LogP contribution in [0.5, 0.6) is 0 Å². The van der Waals surface area contributed by atoms with Gasteiger partial charge >= 0.3 is 0 Å².